The third kappa shape index (κ3) is 3.24. The lowest BCUT2D eigenvalue weighted by molar-refractivity contribution is -0.0139. The molecule has 0 amide bonds. The van der Waals surface area contributed by atoms with Gasteiger partial charge in [-0.15, -0.1) is 0 Å². The number of pyridine rings is 1. The monoisotopic (exact) mass is 333 g/mol. The van der Waals surface area contributed by atoms with E-state index >= 15 is 0 Å². The maximum absolute atomic E-state index is 11.5. The molecule has 1 fully saturated rings. The van der Waals surface area contributed by atoms with Crippen LogP contribution in [0.1, 0.15) is 59.8 Å². The Morgan fingerprint density at radius 1 is 1.00 bits per heavy atom. The first-order chi connectivity index (χ1) is 12.4. The smallest absolute Gasteiger partial charge is 0.152 e. The molecule has 1 aliphatic rings. The van der Waals surface area contributed by atoms with Gasteiger partial charge in [0.15, 0.2) is 6.29 Å². The lowest BCUT2D eigenvalue weighted by atomic mass is 9.97. The molecule has 1 saturated carbocycles. The average molecular weight is 333 g/mol. The predicted octanol–water partition coefficient (Wildman–Crippen LogP) is 5.19. The summed E-state index contributed by atoms with van der Waals surface area (Å²) in [6.45, 7) is 0. The molecule has 2 heterocycles. The van der Waals surface area contributed by atoms with Crippen LogP contribution in [0.2, 0.25) is 0 Å². The number of rotatable bonds is 5. The van der Waals surface area contributed by atoms with Crippen molar-refractivity contribution >= 4 is 11.8 Å². The van der Waals surface area contributed by atoms with E-state index in [1.807, 2.05) is 48.7 Å². The van der Waals surface area contributed by atoms with Gasteiger partial charge in [0.05, 0.1) is 17.3 Å². The van der Waals surface area contributed by atoms with Gasteiger partial charge >= 0.3 is 0 Å². The Kier molecular flexibility index (Phi) is 4.66. The second kappa shape index (κ2) is 7.24. The highest BCUT2D eigenvalue weighted by atomic mass is 16.5. The van der Waals surface area contributed by atoms with Gasteiger partial charge in [-0.2, -0.15) is 0 Å². The van der Waals surface area contributed by atoms with Gasteiger partial charge in [-0.05, 0) is 36.6 Å². The molecule has 1 aromatic carbocycles. The van der Waals surface area contributed by atoms with Crippen molar-refractivity contribution in [2.45, 2.75) is 44.3 Å². The van der Waals surface area contributed by atoms with Crippen LogP contribution in [-0.2, 0) is 4.74 Å². The number of carbonyl (C=O) groups excluding carboxylic acids is 1. The van der Waals surface area contributed by atoms with E-state index in [2.05, 4.69) is 16.5 Å². The molecule has 0 bridgehead atoms. The van der Waals surface area contributed by atoms with Gasteiger partial charge in [-0.1, -0.05) is 55.7 Å². The zero-order valence-corrected chi connectivity index (χ0v) is 14.3. The van der Waals surface area contributed by atoms with Gasteiger partial charge in [0.25, 0.3) is 0 Å². The number of hydrogen-bond donors (Lipinski definition) is 0. The predicted molar refractivity (Wildman–Crippen MR) is 99.0 cm³/mol. The third-order valence-electron chi connectivity index (χ3n) is 5.12. The van der Waals surface area contributed by atoms with Crippen molar-refractivity contribution < 1.29 is 9.53 Å². The fourth-order valence-corrected chi connectivity index (χ4v) is 3.84. The van der Waals surface area contributed by atoms with Gasteiger partial charge in [-0.25, -0.2) is 0 Å². The second-order valence-electron chi connectivity index (χ2n) is 6.79. The number of carbonyl (C=O) groups is 1. The van der Waals surface area contributed by atoms with E-state index in [0.29, 0.717) is 5.56 Å². The molecule has 1 aliphatic carbocycles. The molecule has 25 heavy (non-hydrogen) atoms. The summed E-state index contributed by atoms with van der Waals surface area (Å²) in [6, 6.07) is 18.2. The van der Waals surface area contributed by atoms with Gasteiger partial charge in [0.2, 0.25) is 0 Å². The molecule has 0 saturated heterocycles. The number of ether oxygens (including phenoxy) is 1. The van der Waals surface area contributed by atoms with Crippen LogP contribution in [0.5, 0.6) is 0 Å². The Labute approximate surface area is 148 Å². The molecule has 0 aliphatic heterocycles. The molecule has 3 nitrogen and oxygen atoms in total. The second-order valence-corrected chi connectivity index (χ2v) is 6.79. The molecule has 1 atom stereocenters. The van der Waals surface area contributed by atoms with Crippen LogP contribution in [0.15, 0.2) is 60.8 Å². The topological polar surface area (TPSA) is 30.7 Å². The van der Waals surface area contributed by atoms with Crippen molar-refractivity contribution in [3.05, 3.63) is 77.6 Å². The summed E-state index contributed by atoms with van der Waals surface area (Å²) >= 11 is 0. The fraction of sp³-hybridized carbons (Fsp3) is 0.318. The standard InChI is InChI=1S/C22H23NO2/c24-16-18-15-21(23-14-8-7-13-20(18)23)22(17-9-3-1-4-10-17)25-19-11-5-2-6-12-19/h1,3-4,7-10,13-16,19,22H,2,5-6,11-12H2/t22-/m0/s1. The van der Waals surface area contributed by atoms with E-state index in [4.69, 9.17) is 4.74 Å². The Morgan fingerprint density at radius 3 is 2.52 bits per heavy atom. The molecule has 0 unspecified atom stereocenters. The number of nitrogens with zero attached hydrogens (tertiary/aromatic N) is 1. The fourth-order valence-electron chi connectivity index (χ4n) is 3.84. The summed E-state index contributed by atoms with van der Waals surface area (Å²) in [5.41, 5.74) is 3.80. The molecule has 128 valence electrons. The van der Waals surface area contributed by atoms with E-state index in [-0.39, 0.29) is 12.2 Å². The van der Waals surface area contributed by atoms with Gasteiger partial charge in [0.1, 0.15) is 6.10 Å². The highest BCUT2D eigenvalue weighted by molar-refractivity contribution is 5.87. The van der Waals surface area contributed by atoms with E-state index in [9.17, 15) is 4.79 Å². The summed E-state index contributed by atoms with van der Waals surface area (Å²) in [5, 5.41) is 0. The normalized spacial score (nSPS) is 16.8. The minimum Gasteiger partial charge on any atom is -0.364 e. The Bertz CT molecular complexity index is 847. The minimum absolute atomic E-state index is 0.159. The average Bonchev–Trinajstić information content (AvgIpc) is 3.06. The summed E-state index contributed by atoms with van der Waals surface area (Å²) in [6.07, 6.45) is 9.08. The van der Waals surface area contributed by atoms with Crippen molar-refractivity contribution in [3.8, 4) is 0 Å². The number of aromatic nitrogens is 1. The molecule has 0 N–H and O–H groups in total. The number of hydrogen-bond acceptors (Lipinski definition) is 2. The van der Waals surface area contributed by atoms with Crippen LogP contribution in [-0.4, -0.2) is 16.8 Å². The first kappa shape index (κ1) is 16.1. The van der Waals surface area contributed by atoms with Crippen LogP contribution in [0, 0.1) is 0 Å². The first-order valence-corrected chi connectivity index (χ1v) is 9.12. The SMILES string of the molecule is O=Cc1cc([C@@H](OC2CCCCC2)c2ccccc2)n2ccccc12. The molecular formula is C22H23NO2. The van der Waals surface area contributed by atoms with Crippen LogP contribution < -0.4 is 0 Å². The highest BCUT2D eigenvalue weighted by Crippen LogP contribution is 2.33. The lowest BCUT2D eigenvalue weighted by Crippen LogP contribution is -2.21. The van der Waals surface area contributed by atoms with Crippen molar-refractivity contribution in [1.29, 1.82) is 0 Å². The lowest BCUT2D eigenvalue weighted by Gasteiger charge is -2.28. The van der Waals surface area contributed by atoms with Crippen molar-refractivity contribution in [3.63, 3.8) is 0 Å². The molecule has 3 heteroatoms. The summed E-state index contributed by atoms with van der Waals surface area (Å²) in [7, 11) is 0. The van der Waals surface area contributed by atoms with Crippen LogP contribution >= 0.6 is 0 Å². The number of fused-ring (bicyclic) bond motifs is 1. The molecule has 2 aromatic heterocycles. The van der Waals surface area contributed by atoms with Gasteiger partial charge in [0, 0.05) is 11.8 Å². The molecule has 0 spiro atoms. The Morgan fingerprint density at radius 2 is 1.76 bits per heavy atom. The maximum Gasteiger partial charge on any atom is 0.152 e. The number of benzene rings is 1. The van der Waals surface area contributed by atoms with Crippen molar-refractivity contribution in [1.82, 2.24) is 4.40 Å². The zero-order valence-electron chi connectivity index (χ0n) is 14.3. The largest absolute Gasteiger partial charge is 0.364 e. The van der Waals surface area contributed by atoms with E-state index in [1.165, 1.54) is 19.3 Å². The van der Waals surface area contributed by atoms with Crippen molar-refractivity contribution in [2.75, 3.05) is 0 Å². The highest BCUT2D eigenvalue weighted by Gasteiger charge is 2.25. The Hall–Kier alpha value is -2.39. The Balaban J connectivity index is 1.79. The van der Waals surface area contributed by atoms with Crippen LogP contribution in [0.3, 0.4) is 0 Å². The third-order valence-corrected chi connectivity index (χ3v) is 5.12. The molecule has 4 rings (SSSR count). The van der Waals surface area contributed by atoms with Gasteiger partial charge < -0.3 is 9.14 Å². The molecule has 3 aromatic rings. The minimum atomic E-state index is -0.159. The number of aldehydes is 1. The van der Waals surface area contributed by atoms with E-state index < -0.39 is 0 Å². The summed E-state index contributed by atoms with van der Waals surface area (Å²) in [5.74, 6) is 0. The summed E-state index contributed by atoms with van der Waals surface area (Å²) in [4.78, 5) is 11.5. The molecular weight excluding hydrogens is 310 g/mol. The maximum atomic E-state index is 11.5. The first-order valence-electron chi connectivity index (χ1n) is 9.12. The quantitative estimate of drug-likeness (QED) is 0.602. The van der Waals surface area contributed by atoms with Crippen LogP contribution in [0.4, 0.5) is 0 Å². The van der Waals surface area contributed by atoms with Crippen molar-refractivity contribution in [2.24, 2.45) is 0 Å². The zero-order chi connectivity index (χ0) is 17.1. The molecule has 0 radical (unpaired) electrons. The van der Waals surface area contributed by atoms with Crippen LogP contribution in [0.25, 0.3) is 5.52 Å². The van der Waals surface area contributed by atoms with Gasteiger partial charge in [-0.3, -0.25) is 4.79 Å². The summed E-state index contributed by atoms with van der Waals surface area (Å²) < 4.78 is 8.68. The van der Waals surface area contributed by atoms with E-state index in [0.717, 1.165) is 35.9 Å². The van der Waals surface area contributed by atoms with E-state index in [1.54, 1.807) is 0 Å².